The molecule has 2 N–H and O–H groups in total. The van der Waals surface area contributed by atoms with E-state index in [1.54, 1.807) is 7.11 Å². The quantitative estimate of drug-likeness (QED) is 0.351. The minimum absolute atomic E-state index is 0.610. The molecule has 4 aromatic rings. The lowest BCUT2D eigenvalue weighted by Gasteiger charge is -2.15. The number of nitrogens with one attached hydrogen (secondary N) is 2. The van der Waals surface area contributed by atoms with Gasteiger partial charge in [0.25, 0.3) is 0 Å². The lowest BCUT2D eigenvalue weighted by Crippen LogP contribution is -2.06. The number of aromatic amines is 1. The molecule has 0 spiro atoms. The molecule has 0 bridgehead atoms. The highest BCUT2D eigenvalue weighted by atomic mass is 16.5. The van der Waals surface area contributed by atoms with Crippen LogP contribution in [0.25, 0.3) is 16.5 Å². The average molecular weight is 475 g/mol. The van der Waals surface area contributed by atoms with E-state index in [0.29, 0.717) is 13.2 Å². The van der Waals surface area contributed by atoms with E-state index in [0.717, 1.165) is 69.4 Å². The summed E-state index contributed by atoms with van der Waals surface area (Å²) in [6.45, 7) is 9.49. The van der Waals surface area contributed by atoms with Gasteiger partial charge in [-0.05, 0) is 71.1 Å². The van der Waals surface area contributed by atoms with E-state index >= 15 is 0 Å². The maximum Gasteiger partial charge on any atom is 0.158 e. The minimum Gasteiger partial charge on any atom is -0.494 e. The summed E-state index contributed by atoms with van der Waals surface area (Å²) < 4.78 is 13.7. The van der Waals surface area contributed by atoms with Crippen LogP contribution in [-0.4, -0.2) is 38.7 Å². The maximum absolute atomic E-state index is 5.75. The number of anilines is 1. The van der Waals surface area contributed by atoms with Crippen molar-refractivity contribution < 1.29 is 9.47 Å². The van der Waals surface area contributed by atoms with Crippen LogP contribution in [0.4, 0.5) is 5.82 Å². The third kappa shape index (κ3) is 4.11. The fourth-order valence-corrected chi connectivity index (χ4v) is 5.41. The molecule has 35 heavy (non-hydrogen) atoms. The minimum atomic E-state index is 0.610. The van der Waals surface area contributed by atoms with Crippen molar-refractivity contribution in [3.05, 3.63) is 52.2 Å². The number of hydrogen-bond acceptors (Lipinski definition) is 6. The Morgan fingerprint density at radius 3 is 2.63 bits per heavy atom. The Balaban J connectivity index is 1.56. The highest BCUT2D eigenvalue weighted by molar-refractivity contribution is 5.98. The number of nitrogens with zero attached hydrogens (tertiary/aromatic N) is 4. The third-order valence-electron chi connectivity index (χ3n) is 7.06. The van der Waals surface area contributed by atoms with Crippen molar-refractivity contribution in [3.63, 3.8) is 0 Å². The molecular weight excluding hydrogens is 440 g/mol. The second-order valence-corrected chi connectivity index (χ2v) is 9.20. The molecule has 0 unspecified atom stereocenters. The van der Waals surface area contributed by atoms with Crippen LogP contribution < -0.4 is 14.8 Å². The van der Waals surface area contributed by atoms with E-state index in [1.807, 2.05) is 32.0 Å². The van der Waals surface area contributed by atoms with Crippen molar-refractivity contribution in [2.75, 3.05) is 19.0 Å². The molecule has 8 nitrogen and oxygen atoms in total. The van der Waals surface area contributed by atoms with Gasteiger partial charge in [-0.2, -0.15) is 10.2 Å². The van der Waals surface area contributed by atoms with Crippen molar-refractivity contribution in [2.24, 2.45) is 0 Å². The monoisotopic (exact) mass is 474 g/mol. The second-order valence-electron chi connectivity index (χ2n) is 9.20. The number of aryl methyl sites for hydroxylation is 4. The predicted octanol–water partition coefficient (Wildman–Crippen LogP) is 5.36. The molecule has 3 aromatic heterocycles. The van der Waals surface area contributed by atoms with Crippen molar-refractivity contribution in [1.29, 1.82) is 0 Å². The van der Waals surface area contributed by atoms with E-state index in [-0.39, 0.29) is 0 Å². The molecule has 0 aliphatic heterocycles. The molecule has 184 valence electrons. The van der Waals surface area contributed by atoms with Gasteiger partial charge in [0.05, 0.1) is 43.0 Å². The Morgan fingerprint density at radius 2 is 1.83 bits per heavy atom. The van der Waals surface area contributed by atoms with E-state index < -0.39 is 0 Å². The number of ether oxygens (including phenoxy) is 2. The molecule has 0 saturated carbocycles. The molecule has 0 saturated heterocycles. The summed E-state index contributed by atoms with van der Waals surface area (Å²) in [5.74, 6) is 2.34. The molecule has 1 aliphatic carbocycles. The standard InChI is InChI=1S/C27H34N6O2/c1-6-35-19-12-13-23(24(14-19)34-5)33-17(3)25-16(2)29-32-27(26(25)18(33)4)28-15-22-20-10-8-7-9-11-21(20)30-31-22/h12-14H,6-11,15H2,1-5H3,(H,28,32)(H,30,31). The smallest absolute Gasteiger partial charge is 0.158 e. The Hall–Kier alpha value is -3.55. The highest BCUT2D eigenvalue weighted by Gasteiger charge is 2.22. The third-order valence-corrected chi connectivity index (χ3v) is 7.06. The van der Waals surface area contributed by atoms with Crippen LogP contribution in [0.5, 0.6) is 11.5 Å². The van der Waals surface area contributed by atoms with Crippen LogP contribution in [0.15, 0.2) is 18.2 Å². The first-order valence-electron chi connectivity index (χ1n) is 12.5. The van der Waals surface area contributed by atoms with Gasteiger partial charge in [-0.25, -0.2) is 0 Å². The molecule has 5 rings (SSSR count). The molecule has 8 heteroatoms. The van der Waals surface area contributed by atoms with Crippen LogP contribution in [0, 0.1) is 20.8 Å². The first-order valence-corrected chi connectivity index (χ1v) is 12.5. The normalized spacial score (nSPS) is 13.5. The number of benzene rings is 1. The van der Waals surface area contributed by atoms with Crippen molar-refractivity contribution in [1.82, 2.24) is 25.0 Å². The molecule has 3 heterocycles. The molecule has 0 atom stereocenters. The molecular formula is C27H34N6O2. The molecule has 0 amide bonds. The summed E-state index contributed by atoms with van der Waals surface area (Å²) in [5.41, 5.74) is 7.81. The van der Waals surface area contributed by atoms with Gasteiger partial charge in [0, 0.05) is 28.2 Å². The fraction of sp³-hybridized carbons (Fsp3) is 0.444. The number of aromatic nitrogens is 5. The van der Waals surface area contributed by atoms with Crippen molar-refractivity contribution >= 4 is 16.6 Å². The van der Waals surface area contributed by atoms with Crippen LogP contribution >= 0.6 is 0 Å². The first-order chi connectivity index (χ1) is 17.0. The summed E-state index contributed by atoms with van der Waals surface area (Å²) >= 11 is 0. The van der Waals surface area contributed by atoms with Gasteiger partial charge in [0.2, 0.25) is 0 Å². The van der Waals surface area contributed by atoms with Crippen LogP contribution in [0.3, 0.4) is 0 Å². The summed E-state index contributed by atoms with van der Waals surface area (Å²) in [4.78, 5) is 0. The van der Waals surface area contributed by atoms with E-state index in [9.17, 15) is 0 Å². The molecule has 0 fully saturated rings. The maximum atomic E-state index is 5.75. The second kappa shape index (κ2) is 9.60. The number of rotatable bonds is 7. The van der Waals surface area contributed by atoms with Crippen molar-refractivity contribution in [2.45, 2.75) is 66.3 Å². The number of H-pyrrole nitrogens is 1. The van der Waals surface area contributed by atoms with Gasteiger partial charge in [0.1, 0.15) is 11.5 Å². The summed E-state index contributed by atoms with van der Waals surface area (Å²) in [6.07, 6.45) is 5.86. The van der Waals surface area contributed by atoms with Gasteiger partial charge in [-0.3, -0.25) is 5.10 Å². The van der Waals surface area contributed by atoms with E-state index in [2.05, 4.69) is 44.1 Å². The van der Waals surface area contributed by atoms with Gasteiger partial charge >= 0.3 is 0 Å². The van der Waals surface area contributed by atoms with E-state index in [4.69, 9.17) is 9.47 Å². The molecule has 0 radical (unpaired) electrons. The zero-order chi connectivity index (χ0) is 24.5. The van der Waals surface area contributed by atoms with Crippen LogP contribution in [-0.2, 0) is 19.4 Å². The van der Waals surface area contributed by atoms with Gasteiger partial charge < -0.3 is 19.4 Å². The van der Waals surface area contributed by atoms with Crippen LogP contribution in [0.1, 0.15) is 60.2 Å². The fourth-order valence-electron chi connectivity index (χ4n) is 5.41. The zero-order valence-corrected chi connectivity index (χ0v) is 21.3. The molecule has 1 aliphatic rings. The predicted molar refractivity (Wildman–Crippen MR) is 138 cm³/mol. The number of fused-ring (bicyclic) bond motifs is 2. The van der Waals surface area contributed by atoms with Gasteiger partial charge in [-0.15, -0.1) is 5.10 Å². The van der Waals surface area contributed by atoms with Crippen LogP contribution in [0.2, 0.25) is 0 Å². The van der Waals surface area contributed by atoms with Gasteiger partial charge in [-0.1, -0.05) is 6.42 Å². The lowest BCUT2D eigenvalue weighted by molar-refractivity contribution is 0.336. The van der Waals surface area contributed by atoms with E-state index in [1.165, 1.54) is 30.5 Å². The zero-order valence-electron chi connectivity index (χ0n) is 21.3. The highest BCUT2D eigenvalue weighted by Crippen LogP contribution is 2.38. The largest absolute Gasteiger partial charge is 0.494 e. The summed E-state index contributed by atoms with van der Waals surface area (Å²) in [5, 5.41) is 22.7. The SMILES string of the molecule is CCOc1ccc(-n2c(C)c3c(C)nnc(NCc4[nH]nc5c4CCCCC5)c3c2C)c(OC)c1. The summed E-state index contributed by atoms with van der Waals surface area (Å²) in [6, 6.07) is 5.97. The lowest BCUT2D eigenvalue weighted by atomic mass is 10.1. The Morgan fingerprint density at radius 1 is 1.03 bits per heavy atom. The number of methoxy groups -OCH3 is 1. The average Bonchev–Trinajstić information content (AvgIpc) is 3.25. The van der Waals surface area contributed by atoms with Gasteiger partial charge in [0.15, 0.2) is 5.82 Å². The Kier molecular flexibility index (Phi) is 6.36. The summed E-state index contributed by atoms with van der Waals surface area (Å²) in [7, 11) is 1.69. The Bertz CT molecular complexity index is 1370. The topological polar surface area (TPSA) is 89.9 Å². The first kappa shape index (κ1) is 23.2. The number of hydrogen-bond donors (Lipinski definition) is 2. The molecule has 1 aromatic carbocycles. The van der Waals surface area contributed by atoms with Crippen molar-refractivity contribution in [3.8, 4) is 17.2 Å². The Labute approximate surface area is 206 Å².